The average Bonchev–Trinajstić information content (AvgIpc) is 2.27. The molecule has 0 radical (unpaired) electrons. The molecular formula is C13H15NO3. The lowest BCUT2D eigenvalue weighted by Gasteiger charge is -2.29. The van der Waals surface area contributed by atoms with Crippen molar-refractivity contribution in [2.75, 3.05) is 11.4 Å². The van der Waals surface area contributed by atoms with Crippen molar-refractivity contribution in [2.24, 2.45) is 0 Å². The smallest absolute Gasteiger partial charge is 0.307 e. The van der Waals surface area contributed by atoms with Crippen LogP contribution in [0, 0.1) is 0 Å². The van der Waals surface area contributed by atoms with Crippen LogP contribution < -0.4 is 4.90 Å². The quantitative estimate of drug-likeness (QED) is 0.844. The highest BCUT2D eigenvalue weighted by atomic mass is 16.4. The fraction of sp³-hybridized carbons (Fsp3) is 0.385. The van der Waals surface area contributed by atoms with Crippen LogP contribution in [-0.4, -0.2) is 23.5 Å². The molecule has 0 aliphatic carbocycles. The minimum Gasteiger partial charge on any atom is -0.481 e. The number of aliphatic carboxylic acids is 1. The summed E-state index contributed by atoms with van der Waals surface area (Å²) >= 11 is 0. The SMILES string of the molecule is CC(=O)N1CCCc2ccc(CC(=O)O)cc21. The standard InChI is InChI=1S/C13H15NO3/c1-9(15)14-6-2-3-11-5-4-10(7-12(11)14)8-13(16)17/h4-5,7H,2-3,6,8H2,1H3,(H,16,17). The number of benzene rings is 1. The van der Waals surface area contributed by atoms with E-state index in [2.05, 4.69) is 0 Å². The maximum atomic E-state index is 11.5. The third kappa shape index (κ3) is 2.46. The van der Waals surface area contributed by atoms with E-state index in [1.807, 2.05) is 18.2 Å². The van der Waals surface area contributed by atoms with Gasteiger partial charge >= 0.3 is 5.97 Å². The Labute approximate surface area is 99.9 Å². The molecule has 0 atom stereocenters. The summed E-state index contributed by atoms with van der Waals surface area (Å²) in [5, 5.41) is 8.77. The molecular weight excluding hydrogens is 218 g/mol. The summed E-state index contributed by atoms with van der Waals surface area (Å²) in [6.45, 7) is 2.26. The zero-order chi connectivity index (χ0) is 12.4. The van der Waals surface area contributed by atoms with Crippen LogP contribution in [0.1, 0.15) is 24.5 Å². The topological polar surface area (TPSA) is 57.6 Å². The fourth-order valence-electron chi connectivity index (χ4n) is 2.23. The average molecular weight is 233 g/mol. The Balaban J connectivity index is 2.36. The Morgan fingerprint density at radius 3 is 2.82 bits per heavy atom. The van der Waals surface area contributed by atoms with Crippen LogP contribution in [0.5, 0.6) is 0 Å². The van der Waals surface area contributed by atoms with Gasteiger partial charge in [0.1, 0.15) is 0 Å². The predicted molar refractivity (Wildman–Crippen MR) is 64.1 cm³/mol. The maximum Gasteiger partial charge on any atom is 0.307 e. The van der Waals surface area contributed by atoms with Crippen molar-refractivity contribution in [3.05, 3.63) is 29.3 Å². The van der Waals surface area contributed by atoms with Crippen molar-refractivity contribution in [2.45, 2.75) is 26.2 Å². The summed E-state index contributed by atoms with van der Waals surface area (Å²) in [5.41, 5.74) is 2.74. The molecule has 4 heteroatoms. The Morgan fingerprint density at radius 2 is 2.18 bits per heavy atom. The molecule has 90 valence electrons. The van der Waals surface area contributed by atoms with Crippen molar-refractivity contribution in [3.8, 4) is 0 Å². The van der Waals surface area contributed by atoms with E-state index in [0.29, 0.717) is 0 Å². The minimum atomic E-state index is -0.852. The highest BCUT2D eigenvalue weighted by Gasteiger charge is 2.20. The summed E-state index contributed by atoms with van der Waals surface area (Å²) in [5.74, 6) is -0.839. The summed E-state index contributed by atoms with van der Waals surface area (Å²) in [7, 11) is 0. The molecule has 2 rings (SSSR count). The van der Waals surface area contributed by atoms with Crippen LogP contribution in [0.2, 0.25) is 0 Å². The molecule has 0 unspecified atom stereocenters. The molecule has 1 aromatic rings. The first kappa shape index (κ1) is 11.6. The second kappa shape index (κ2) is 4.57. The van der Waals surface area contributed by atoms with Crippen LogP contribution in [0.3, 0.4) is 0 Å². The number of carbonyl (C=O) groups is 2. The van der Waals surface area contributed by atoms with Gasteiger partial charge in [-0.3, -0.25) is 9.59 Å². The molecule has 1 aromatic carbocycles. The number of hydrogen-bond acceptors (Lipinski definition) is 2. The van der Waals surface area contributed by atoms with Gasteiger partial charge in [0, 0.05) is 19.2 Å². The van der Waals surface area contributed by atoms with Gasteiger partial charge in [-0.1, -0.05) is 12.1 Å². The van der Waals surface area contributed by atoms with Crippen LogP contribution >= 0.6 is 0 Å². The van der Waals surface area contributed by atoms with Gasteiger partial charge in [-0.05, 0) is 30.0 Å². The number of amides is 1. The number of carbonyl (C=O) groups excluding carboxylic acids is 1. The Bertz CT molecular complexity index is 468. The number of anilines is 1. The Kier molecular flexibility index (Phi) is 3.13. The van der Waals surface area contributed by atoms with Crippen LogP contribution in [0.15, 0.2) is 18.2 Å². The molecule has 0 saturated carbocycles. The van der Waals surface area contributed by atoms with Gasteiger partial charge in [0.05, 0.1) is 6.42 Å². The zero-order valence-electron chi connectivity index (χ0n) is 9.77. The van der Waals surface area contributed by atoms with Crippen molar-refractivity contribution in [1.82, 2.24) is 0 Å². The van der Waals surface area contributed by atoms with Gasteiger partial charge in [0.2, 0.25) is 5.91 Å². The highest BCUT2D eigenvalue weighted by Crippen LogP contribution is 2.28. The van der Waals surface area contributed by atoms with Crippen molar-refractivity contribution < 1.29 is 14.7 Å². The molecule has 1 aliphatic heterocycles. The minimum absolute atomic E-state index is 0.000967. The van der Waals surface area contributed by atoms with Crippen LogP contribution in [0.4, 0.5) is 5.69 Å². The highest BCUT2D eigenvalue weighted by molar-refractivity contribution is 5.93. The van der Waals surface area contributed by atoms with E-state index in [1.165, 1.54) is 0 Å². The Hall–Kier alpha value is -1.84. The molecule has 0 fully saturated rings. The number of carboxylic acid groups (broad SMARTS) is 1. The first-order valence-corrected chi connectivity index (χ1v) is 5.69. The molecule has 0 spiro atoms. The molecule has 0 bridgehead atoms. The van der Waals surface area contributed by atoms with Gasteiger partial charge in [-0.25, -0.2) is 0 Å². The summed E-state index contributed by atoms with van der Waals surface area (Å²) in [4.78, 5) is 23.9. The number of rotatable bonds is 2. The molecule has 0 aromatic heterocycles. The number of aryl methyl sites for hydroxylation is 1. The Morgan fingerprint density at radius 1 is 1.41 bits per heavy atom. The first-order valence-electron chi connectivity index (χ1n) is 5.69. The summed E-state index contributed by atoms with van der Waals surface area (Å²) < 4.78 is 0. The van der Waals surface area contributed by atoms with Gasteiger partial charge in [-0.2, -0.15) is 0 Å². The lowest BCUT2D eigenvalue weighted by molar-refractivity contribution is -0.136. The fourth-order valence-corrected chi connectivity index (χ4v) is 2.23. The number of nitrogens with zero attached hydrogens (tertiary/aromatic N) is 1. The van der Waals surface area contributed by atoms with E-state index in [9.17, 15) is 9.59 Å². The van der Waals surface area contributed by atoms with E-state index >= 15 is 0 Å². The second-order valence-electron chi connectivity index (χ2n) is 4.31. The third-order valence-electron chi connectivity index (χ3n) is 3.00. The monoisotopic (exact) mass is 233 g/mol. The maximum absolute atomic E-state index is 11.5. The predicted octanol–water partition coefficient (Wildman–Crippen LogP) is 1.61. The third-order valence-corrected chi connectivity index (χ3v) is 3.00. The summed E-state index contributed by atoms with van der Waals surface area (Å²) in [6, 6.07) is 5.59. The number of fused-ring (bicyclic) bond motifs is 1. The van der Waals surface area contributed by atoms with Crippen molar-refractivity contribution >= 4 is 17.6 Å². The lowest BCUT2D eigenvalue weighted by Crippen LogP contribution is -2.33. The van der Waals surface area contributed by atoms with E-state index in [-0.39, 0.29) is 12.3 Å². The zero-order valence-corrected chi connectivity index (χ0v) is 9.77. The second-order valence-corrected chi connectivity index (χ2v) is 4.31. The van der Waals surface area contributed by atoms with Crippen LogP contribution in [0.25, 0.3) is 0 Å². The lowest BCUT2D eigenvalue weighted by atomic mass is 9.98. The van der Waals surface area contributed by atoms with Crippen molar-refractivity contribution in [3.63, 3.8) is 0 Å². The molecule has 17 heavy (non-hydrogen) atoms. The van der Waals surface area contributed by atoms with Gasteiger partial charge < -0.3 is 10.0 Å². The van der Waals surface area contributed by atoms with E-state index in [1.54, 1.807) is 11.8 Å². The largest absolute Gasteiger partial charge is 0.481 e. The number of hydrogen-bond donors (Lipinski definition) is 1. The van der Waals surface area contributed by atoms with Gasteiger partial charge in [-0.15, -0.1) is 0 Å². The van der Waals surface area contributed by atoms with Crippen LogP contribution in [-0.2, 0) is 22.4 Å². The molecule has 1 N–H and O–H groups in total. The van der Waals surface area contributed by atoms with E-state index in [4.69, 9.17) is 5.11 Å². The molecule has 1 aliphatic rings. The molecule has 4 nitrogen and oxygen atoms in total. The normalized spacial score (nSPS) is 14.3. The number of carboxylic acids is 1. The van der Waals surface area contributed by atoms with E-state index in [0.717, 1.165) is 36.2 Å². The van der Waals surface area contributed by atoms with Crippen molar-refractivity contribution in [1.29, 1.82) is 0 Å². The molecule has 1 heterocycles. The van der Waals surface area contributed by atoms with Gasteiger partial charge in [0.25, 0.3) is 0 Å². The molecule has 0 saturated heterocycles. The first-order chi connectivity index (χ1) is 8.08. The molecule has 1 amide bonds. The van der Waals surface area contributed by atoms with E-state index < -0.39 is 5.97 Å². The van der Waals surface area contributed by atoms with Gasteiger partial charge in [0.15, 0.2) is 0 Å². The summed E-state index contributed by atoms with van der Waals surface area (Å²) in [6.07, 6.45) is 1.91.